The predicted molar refractivity (Wildman–Crippen MR) is 118 cm³/mol. The number of halogens is 3. The Morgan fingerprint density at radius 3 is 2.22 bits per heavy atom. The van der Waals surface area contributed by atoms with E-state index in [1.165, 1.54) is 18.5 Å². The molecule has 0 aliphatic heterocycles. The predicted octanol–water partition coefficient (Wildman–Crippen LogP) is 5.55. The molecule has 0 radical (unpaired) electrons. The summed E-state index contributed by atoms with van der Waals surface area (Å²) >= 11 is 0. The van der Waals surface area contributed by atoms with Crippen molar-refractivity contribution in [1.29, 1.82) is 0 Å². The molecule has 4 rings (SSSR count). The number of hydrogen-bond donors (Lipinski definition) is 2. The minimum absolute atomic E-state index is 0.244. The maximum atomic E-state index is 12.8. The second-order valence-corrected chi connectivity index (χ2v) is 6.92. The second-order valence-electron chi connectivity index (χ2n) is 6.92. The number of nitrogen functional groups attached to an aromatic ring is 1. The van der Waals surface area contributed by atoms with Gasteiger partial charge in [-0.15, -0.1) is 0 Å². The first-order valence-electron chi connectivity index (χ1n) is 9.69. The molecule has 0 saturated heterocycles. The van der Waals surface area contributed by atoms with Crippen LogP contribution in [0.4, 0.5) is 42.0 Å². The fraction of sp³-hybridized carbons (Fsp3) is 0.0870. The highest BCUT2D eigenvalue weighted by Gasteiger charge is 2.30. The van der Waals surface area contributed by atoms with E-state index in [4.69, 9.17) is 5.73 Å². The second kappa shape index (κ2) is 8.93. The Balaban J connectivity index is 1.67. The van der Waals surface area contributed by atoms with Gasteiger partial charge in [-0.05, 0) is 42.0 Å². The number of nitrogens with zero attached hydrogens (tertiary/aromatic N) is 4. The molecule has 3 N–H and O–H groups in total. The molecule has 0 spiro atoms. The van der Waals surface area contributed by atoms with Crippen LogP contribution in [0.3, 0.4) is 0 Å². The minimum atomic E-state index is -4.40. The van der Waals surface area contributed by atoms with Crippen LogP contribution < -0.4 is 16.0 Å². The third-order valence-electron chi connectivity index (χ3n) is 4.70. The van der Waals surface area contributed by atoms with Crippen molar-refractivity contribution in [1.82, 2.24) is 15.0 Å². The van der Waals surface area contributed by atoms with Crippen LogP contribution in [0.5, 0.6) is 0 Å². The number of rotatable bonds is 6. The van der Waals surface area contributed by atoms with E-state index >= 15 is 0 Å². The Labute approximate surface area is 182 Å². The lowest BCUT2D eigenvalue weighted by Crippen LogP contribution is -2.21. The molecule has 2 aromatic carbocycles. The molecule has 162 valence electrons. The van der Waals surface area contributed by atoms with Crippen molar-refractivity contribution in [2.45, 2.75) is 12.7 Å². The molecule has 32 heavy (non-hydrogen) atoms. The summed E-state index contributed by atoms with van der Waals surface area (Å²) in [6.07, 6.45) is -1.38. The van der Waals surface area contributed by atoms with Gasteiger partial charge in [0.1, 0.15) is 17.8 Å². The zero-order valence-corrected chi connectivity index (χ0v) is 16.8. The van der Waals surface area contributed by atoms with Crippen LogP contribution in [0.1, 0.15) is 11.1 Å². The van der Waals surface area contributed by atoms with Gasteiger partial charge in [-0.1, -0.05) is 36.4 Å². The van der Waals surface area contributed by atoms with Crippen molar-refractivity contribution in [3.8, 4) is 0 Å². The van der Waals surface area contributed by atoms with E-state index in [1.54, 1.807) is 6.20 Å². The first kappa shape index (κ1) is 21.1. The third kappa shape index (κ3) is 4.77. The van der Waals surface area contributed by atoms with Crippen LogP contribution in [0.2, 0.25) is 0 Å². The van der Waals surface area contributed by atoms with E-state index in [2.05, 4.69) is 20.3 Å². The number of nitrogens with two attached hydrogens (primary N) is 1. The Hall–Kier alpha value is -4.14. The molecule has 2 aromatic heterocycles. The van der Waals surface area contributed by atoms with Gasteiger partial charge in [0.25, 0.3) is 0 Å². The first-order chi connectivity index (χ1) is 15.4. The lowest BCUT2D eigenvalue weighted by Gasteiger charge is -2.25. The van der Waals surface area contributed by atoms with E-state index in [-0.39, 0.29) is 11.5 Å². The van der Waals surface area contributed by atoms with E-state index < -0.39 is 11.7 Å². The molecule has 4 aromatic rings. The van der Waals surface area contributed by atoms with Crippen LogP contribution in [0.15, 0.2) is 85.3 Å². The van der Waals surface area contributed by atoms with Gasteiger partial charge in [-0.2, -0.15) is 13.2 Å². The Kier molecular flexibility index (Phi) is 5.89. The number of hydrogen-bond acceptors (Lipinski definition) is 6. The van der Waals surface area contributed by atoms with Crippen molar-refractivity contribution < 1.29 is 13.2 Å². The average Bonchev–Trinajstić information content (AvgIpc) is 2.80. The highest BCUT2D eigenvalue weighted by atomic mass is 19.4. The number of alkyl halides is 3. The number of aromatic nitrogens is 3. The lowest BCUT2D eigenvalue weighted by atomic mass is 10.2. The standard InChI is InChI=1S/C23H19F3N6/c24-23(25,26)17-9-11-18(12-10-17)31-21-20(27)22(30-15-29-21)32(19-8-4-5-13-28-19)14-16-6-2-1-3-7-16/h1-13,15H,14,27H2,(H,29,30,31). The van der Waals surface area contributed by atoms with E-state index in [0.29, 0.717) is 23.9 Å². The van der Waals surface area contributed by atoms with Crippen LogP contribution >= 0.6 is 0 Å². The highest BCUT2D eigenvalue weighted by molar-refractivity contribution is 5.80. The smallest absolute Gasteiger partial charge is 0.393 e. The topological polar surface area (TPSA) is 80.0 Å². The molecule has 0 aliphatic carbocycles. The minimum Gasteiger partial charge on any atom is -0.393 e. The molecule has 0 atom stereocenters. The molecule has 2 heterocycles. The zero-order chi connectivity index (χ0) is 22.6. The Bertz CT molecular complexity index is 1170. The first-order valence-corrected chi connectivity index (χ1v) is 9.69. The molecule has 0 bridgehead atoms. The van der Waals surface area contributed by atoms with Crippen LogP contribution in [0.25, 0.3) is 0 Å². The Morgan fingerprint density at radius 1 is 0.844 bits per heavy atom. The normalized spacial score (nSPS) is 11.2. The van der Waals surface area contributed by atoms with Crippen molar-refractivity contribution in [2.24, 2.45) is 0 Å². The molecular weight excluding hydrogens is 417 g/mol. The van der Waals surface area contributed by atoms with Gasteiger partial charge < -0.3 is 16.0 Å². The quantitative estimate of drug-likeness (QED) is 0.412. The van der Waals surface area contributed by atoms with Crippen LogP contribution in [-0.4, -0.2) is 15.0 Å². The molecule has 9 heteroatoms. The summed E-state index contributed by atoms with van der Waals surface area (Å²) in [7, 11) is 0. The van der Waals surface area contributed by atoms with Crippen molar-refractivity contribution in [2.75, 3.05) is 16.0 Å². The average molecular weight is 436 g/mol. The summed E-state index contributed by atoms with van der Waals surface area (Å²) < 4.78 is 38.5. The maximum absolute atomic E-state index is 12.8. The largest absolute Gasteiger partial charge is 0.416 e. The van der Waals surface area contributed by atoms with Gasteiger partial charge in [0.2, 0.25) is 0 Å². The number of benzene rings is 2. The van der Waals surface area contributed by atoms with Crippen molar-refractivity contribution >= 4 is 28.8 Å². The summed E-state index contributed by atoms with van der Waals surface area (Å²) in [4.78, 5) is 14.8. The third-order valence-corrected chi connectivity index (χ3v) is 4.70. The van der Waals surface area contributed by atoms with Gasteiger partial charge in [-0.3, -0.25) is 0 Å². The molecular formula is C23H19F3N6. The SMILES string of the molecule is Nc1c(Nc2ccc(C(F)(F)F)cc2)ncnc1N(Cc1ccccc1)c1ccccn1. The summed E-state index contributed by atoms with van der Waals surface area (Å²) in [6.45, 7) is 0.457. The van der Waals surface area contributed by atoms with Gasteiger partial charge >= 0.3 is 6.18 Å². The number of nitrogens with one attached hydrogen (secondary N) is 1. The highest BCUT2D eigenvalue weighted by Crippen LogP contribution is 2.34. The summed E-state index contributed by atoms with van der Waals surface area (Å²) in [5.74, 6) is 1.35. The Morgan fingerprint density at radius 2 is 1.56 bits per heavy atom. The molecule has 0 fully saturated rings. The molecule has 0 saturated carbocycles. The fourth-order valence-corrected chi connectivity index (χ4v) is 3.12. The van der Waals surface area contributed by atoms with E-state index in [1.807, 2.05) is 53.4 Å². The zero-order valence-electron chi connectivity index (χ0n) is 16.8. The van der Waals surface area contributed by atoms with Crippen molar-refractivity contribution in [3.05, 3.63) is 96.4 Å². The van der Waals surface area contributed by atoms with Crippen molar-refractivity contribution in [3.63, 3.8) is 0 Å². The van der Waals surface area contributed by atoms with Gasteiger partial charge in [0.05, 0.1) is 12.1 Å². The fourth-order valence-electron chi connectivity index (χ4n) is 3.12. The summed E-state index contributed by atoms with van der Waals surface area (Å²) in [5.41, 5.74) is 7.34. The summed E-state index contributed by atoms with van der Waals surface area (Å²) in [5, 5.41) is 2.97. The van der Waals surface area contributed by atoms with Gasteiger partial charge in [0.15, 0.2) is 11.6 Å². The number of pyridine rings is 1. The van der Waals surface area contributed by atoms with Crippen LogP contribution in [0, 0.1) is 0 Å². The molecule has 0 aliphatic rings. The number of anilines is 5. The molecule has 0 amide bonds. The van der Waals surface area contributed by atoms with E-state index in [0.717, 1.165) is 17.7 Å². The maximum Gasteiger partial charge on any atom is 0.416 e. The monoisotopic (exact) mass is 436 g/mol. The molecule has 6 nitrogen and oxygen atoms in total. The van der Waals surface area contributed by atoms with Crippen LogP contribution in [-0.2, 0) is 12.7 Å². The van der Waals surface area contributed by atoms with Gasteiger partial charge in [0, 0.05) is 11.9 Å². The molecule has 0 unspecified atom stereocenters. The summed E-state index contributed by atoms with van der Waals surface area (Å²) in [6, 6.07) is 19.9. The van der Waals surface area contributed by atoms with Gasteiger partial charge in [-0.25, -0.2) is 15.0 Å². The van der Waals surface area contributed by atoms with E-state index in [9.17, 15) is 13.2 Å². The lowest BCUT2D eigenvalue weighted by molar-refractivity contribution is -0.137.